The van der Waals surface area contributed by atoms with Gasteiger partial charge in [0.25, 0.3) is 0 Å². The lowest BCUT2D eigenvalue weighted by atomic mass is 9.99. The van der Waals surface area contributed by atoms with Crippen molar-refractivity contribution in [3.05, 3.63) is 65.2 Å². The van der Waals surface area contributed by atoms with E-state index in [0.717, 1.165) is 12.0 Å². The molecule has 2 unspecified atom stereocenters. The van der Waals surface area contributed by atoms with Crippen molar-refractivity contribution >= 4 is 23.9 Å². The van der Waals surface area contributed by atoms with Crippen LogP contribution in [0.25, 0.3) is 0 Å². The molecule has 3 amide bonds. The Labute approximate surface area is 236 Å². The number of phenolic OH excluding ortho intramolecular Hbond substituents is 1. The largest absolute Gasteiger partial charge is 0.508 e. The Bertz CT molecular complexity index is 1140. The van der Waals surface area contributed by atoms with Crippen molar-refractivity contribution < 1.29 is 33.8 Å². The summed E-state index contributed by atoms with van der Waals surface area (Å²) >= 11 is 0. The summed E-state index contributed by atoms with van der Waals surface area (Å²) in [6.45, 7) is 8.90. The zero-order valence-corrected chi connectivity index (χ0v) is 24.2. The fourth-order valence-corrected chi connectivity index (χ4v) is 3.96. The molecule has 0 aliphatic heterocycles. The average molecular weight is 556 g/mol. The number of hydrogen-bond acceptors (Lipinski definition) is 7. The number of aryl methyl sites for hydroxylation is 1. The standard InChI is InChI=1S/C30H41N3O7/c1-7-8-17-33(26(22-13-9-20(2)10-14-22)27(36)31-19-25(35)39-6)28(37)24(32-29(38)40-30(3,4)5)18-21-11-15-23(34)16-12-21/h9-16,24,26,34H,7-8,17-19H2,1-6H3,(H,31,36)(H,32,38). The molecule has 10 heteroatoms. The van der Waals surface area contributed by atoms with Crippen LogP contribution in [0.5, 0.6) is 5.75 Å². The fraction of sp³-hybridized carbons (Fsp3) is 0.467. The number of phenols is 1. The second kappa shape index (κ2) is 14.9. The molecular weight excluding hydrogens is 514 g/mol. The molecule has 3 N–H and O–H groups in total. The molecule has 0 saturated heterocycles. The Kier molecular flexibility index (Phi) is 12.0. The number of rotatable bonds is 12. The van der Waals surface area contributed by atoms with Gasteiger partial charge in [-0.05, 0) is 57.4 Å². The number of methoxy groups -OCH3 is 1. The molecule has 0 aliphatic carbocycles. The predicted molar refractivity (Wildman–Crippen MR) is 151 cm³/mol. The van der Waals surface area contributed by atoms with Crippen LogP contribution < -0.4 is 10.6 Å². The molecule has 0 aromatic heterocycles. The van der Waals surface area contributed by atoms with Crippen LogP contribution in [0.1, 0.15) is 63.3 Å². The third-order valence-electron chi connectivity index (χ3n) is 5.99. The molecule has 2 rings (SSSR count). The van der Waals surface area contributed by atoms with E-state index in [1.165, 1.54) is 24.1 Å². The fourth-order valence-electron chi connectivity index (χ4n) is 3.96. The van der Waals surface area contributed by atoms with Gasteiger partial charge in [0.05, 0.1) is 7.11 Å². The quantitative estimate of drug-likeness (QED) is 0.339. The highest BCUT2D eigenvalue weighted by atomic mass is 16.6. The van der Waals surface area contributed by atoms with E-state index in [4.69, 9.17) is 4.74 Å². The number of alkyl carbamates (subject to hydrolysis) is 1. The highest BCUT2D eigenvalue weighted by Crippen LogP contribution is 2.25. The Morgan fingerprint density at radius 2 is 1.62 bits per heavy atom. The van der Waals surface area contributed by atoms with Crippen molar-refractivity contribution in [2.75, 3.05) is 20.2 Å². The predicted octanol–water partition coefficient (Wildman–Crippen LogP) is 3.80. The molecule has 0 aliphatic rings. The van der Waals surface area contributed by atoms with E-state index < -0.39 is 41.6 Å². The first-order valence-corrected chi connectivity index (χ1v) is 13.3. The number of aromatic hydroxyl groups is 1. The first-order chi connectivity index (χ1) is 18.8. The summed E-state index contributed by atoms with van der Waals surface area (Å²) in [5, 5.41) is 15.0. The number of benzene rings is 2. The van der Waals surface area contributed by atoms with Crippen molar-refractivity contribution in [1.29, 1.82) is 0 Å². The van der Waals surface area contributed by atoms with Gasteiger partial charge in [0, 0.05) is 13.0 Å². The molecule has 0 saturated carbocycles. The molecule has 10 nitrogen and oxygen atoms in total. The van der Waals surface area contributed by atoms with Crippen LogP contribution in [0, 0.1) is 6.92 Å². The third-order valence-corrected chi connectivity index (χ3v) is 5.99. The number of carbonyl (C=O) groups excluding carboxylic acids is 4. The normalized spacial score (nSPS) is 12.6. The second-order valence-corrected chi connectivity index (χ2v) is 10.6. The van der Waals surface area contributed by atoms with Gasteiger partial charge < -0.3 is 30.1 Å². The van der Waals surface area contributed by atoms with E-state index in [0.29, 0.717) is 17.5 Å². The molecule has 0 spiro atoms. The maximum Gasteiger partial charge on any atom is 0.408 e. The van der Waals surface area contributed by atoms with Gasteiger partial charge in [0.1, 0.15) is 30.0 Å². The molecule has 2 aromatic carbocycles. The summed E-state index contributed by atoms with van der Waals surface area (Å²) < 4.78 is 10.1. The van der Waals surface area contributed by atoms with Gasteiger partial charge in [-0.1, -0.05) is 55.3 Å². The highest BCUT2D eigenvalue weighted by molar-refractivity contribution is 5.93. The number of amides is 3. The Morgan fingerprint density at radius 1 is 1.00 bits per heavy atom. The molecule has 0 bridgehead atoms. The number of nitrogens with zero attached hydrogens (tertiary/aromatic N) is 1. The molecule has 218 valence electrons. The van der Waals surface area contributed by atoms with E-state index in [1.54, 1.807) is 45.0 Å². The molecule has 2 atom stereocenters. The zero-order valence-electron chi connectivity index (χ0n) is 24.2. The van der Waals surface area contributed by atoms with Gasteiger partial charge in [-0.15, -0.1) is 0 Å². The summed E-state index contributed by atoms with van der Waals surface area (Å²) in [6, 6.07) is 11.3. The molecule has 40 heavy (non-hydrogen) atoms. The first-order valence-electron chi connectivity index (χ1n) is 13.3. The number of nitrogens with one attached hydrogen (secondary N) is 2. The summed E-state index contributed by atoms with van der Waals surface area (Å²) in [7, 11) is 1.22. The van der Waals surface area contributed by atoms with E-state index in [-0.39, 0.29) is 25.3 Å². The van der Waals surface area contributed by atoms with Gasteiger partial charge in [0.2, 0.25) is 11.8 Å². The van der Waals surface area contributed by atoms with Crippen LogP contribution in [0.15, 0.2) is 48.5 Å². The Balaban J connectivity index is 2.53. The lowest BCUT2D eigenvalue weighted by molar-refractivity contribution is -0.144. The van der Waals surface area contributed by atoms with E-state index in [2.05, 4.69) is 15.4 Å². The van der Waals surface area contributed by atoms with Gasteiger partial charge >= 0.3 is 12.1 Å². The van der Waals surface area contributed by atoms with E-state index >= 15 is 0 Å². The minimum Gasteiger partial charge on any atom is -0.508 e. The third kappa shape index (κ3) is 10.2. The van der Waals surface area contributed by atoms with Crippen molar-refractivity contribution in [3.63, 3.8) is 0 Å². The van der Waals surface area contributed by atoms with Crippen LogP contribution in [0.4, 0.5) is 4.79 Å². The number of ether oxygens (including phenoxy) is 2. The van der Waals surface area contributed by atoms with Gasteiger partial charge in [-0.2, -0.15) is 0 Å². The monoisotopic (exact) mass is 555 g/mol. The summed E-state index contributed by atoms with van der Waals surface area (Å²) in [5.74, 6) is -1.61. The second-order valence-electron chi connectivity index (χ2n) is 10.6. The molecule has 0 heterocycles. The Hall–Kier alpha value is -4.08. The highest BCUT2D eigenvalue weighted by Gasteiger charge is 2.36. The number of unbranched alkanes of at least 4 members (excludes halogenated alkanes) is 1. The number of hydrogen-bond donors (Lipinski definition) is 3. The first kappa shape index (κ1) is 32.1. The van der Waals surface area contributed by atoms with Crippen molar-refractivity contribution in [3.8, 4) is 5.75 Å². The lowest BCUT2D eigenvalue weighted by Gasteiger charge is -2.34. The maximum atomic E-state index is 14.2. The minimum atomic E-state index is -1.09. The molecule has 0 radical (unpaired) electrons. The Morgan fingerprint density at radius 3 is 2.17 bits per heavy atom. The zero-order chi connectivity index (χ0) is 29.9. The van der Waals surface area contributed by atoms with E-state index in [9.17, 15) is 24.3 Å². The van der Waals surface area contributed by atoms with Crippen molar-refractivity contribution in [2.24, 2.45) is 0 Å². The van der Waals surface area contributed by atoms with Crippen LogP contribution >= 0.6 is 0 Å². The molecular formula is C30H41N3O7. The van der Waals surface area contributed by atoms with Gasteiger partial charge in [-0.3, -0.25) is 14.4 Å². The average Bonchev–Trinajstić information content (AvgIpc) is 2.89. The van der Waals surface area contributed by atoms with Crippen molar-refractivity contribution in [1.82, 2.24) is 15.5 Å². The van der Waals surface area contributed by atoms with Gasteiger partial charge in [0.15, 0.2) is 0 Å². The van der Waals surface area contributed by atoms with Crippen LogP contribution in [0.2, 0.25) is 0 Å². The minimum absolute atomic E-state index is 0.0676. The topological polar surface area (TPSA) is 134 Å². The lowest BCUT2D eigenvalue weighted by Crippen LogP contribution is -2.54. The van der Waals surface area contributed by atoms with E-state index in [1.807, 2.05) is 26.0 Å². The van der Waals surface area contributed by atoms with Crippen LogP contribution in [-0.4, -0.2) is 65.7 Å². The smallest absolute Gasteiger partial charge is 0.408 e. The number of esters is 1. The van der Waals surface area contributed by atoms with Gasteiger partial charge in [-0.25, -0.2) is 4.79 Å². The van der Waals surface area contributed by atoms with Crippen LogP contribution in [-0.2, 0) is 30.3 Å². The molecule has 0 fully saturated rings. The van der Waals surface area contributed by atoms with Crippen LogP contribution in [0.3, 0.4) is 0 Å². The maximum absolute atomic E-state index is 14.2. The van der Waals surface area contributed by atoms with Crippen molar-refractivity contribution in [2.45, 2.75) is 71.6 Å². The molecule has 2 aromatic rings. The SMILES string of the molecule is CCCCN(C(=O)C(Cc1ccc(O)cc1)NC(=O)OC(C)(C)C)C(C(=O)NCC(=O)OC)c1ccc(C)cc1. The summed E-state index contributed by atoms with van der Waals surface area (Å²) in [6.07, 6.45) is 0.653. The number of carbonyl (C=O) groups is 4. The summed E-state index contributed by atoms with van der Waals surface area (Å²) in [5.41, 5.74) is 1.42. The summed E-state index contributed by atoms with van der Waals surface area (Å²) in [4.78, 5) is 53.8.